The van der Waals surface area contributed by atoms with E-state index in [-0.39, 0.29) is 5.91 Å². The summed E-state index contributed by atoms with van der Waals surface area (Å²) in [5, 5.41) is 21.7. The Labute approximate surface area is 159 Å². The predicted octanol–water partition coefficient (Wildman–Crippen LogP) is 3.27. The molecule has 4 rings (SSSR count). The fourth-order valence-corrected chi connectivity index (χ4v) is 2.82. The molecule has 0 unspecified atom stereocenters. The number of H-pyrrole nitrogens is 1. The number of amides is 1. The lowest BCUT2D eigenvalue weighted by Crippen LogP contribution is -2.13. The zero-order valence-corrected chi connectivity index (χ0v) is 15.0. The van der Waals surface area contributed by atoms with E-state index in [0.29, 0.717) is 22.1 Å². The topological polar surface area (TPSA) is 101 Å². The average Bonchev–Trinajstić information content (AvgIpc) is 3.33. The summed E-state index contributed by atoms with van der Waals surface area (Å²) in [5.74, 6) is 0.204. The number of aromatic nitrogens is 6. The molecule has 0 saturated heterocycles. The van der Waals surface area contributed by atoms with Crippen molar-refractivity contribution in [2.24, 2.45) is 0 Å². The molecule has 0 radical (unpaired) electrons. The predicted molar refractivity (Wildman–Crippen MR) is 101 cm³/mol. The second-order valence-electron chi connectivity index (χ2n) is 5.80. The largest absolute Gasteiger partial charge is 0.322 e. The molecule has 0 atom stereocenters. The minimum atomic E-state index is -0.252. The molecule has 27 heavy (non-hydrogen) atoms. The van der Waals surface area contributed by atoms with Crippen LogP contribution >= 0.6 is 11.6 Å². The highest BCUT2D eigenvalue weighted by Crippen LogP contribution is 2.21. The quantitative estimate of drug-likeness (QED) is 0.566. The molecule has 8 nitrogen and oxygen atoms in total. The van der Waals surface area contributed by atoms with Crippen LogP contribution in [0.1, 0.15) is 16.1 Å². The second kappa shape index (κ2) is 7.00. The summed E-state index contributed by atoms with van der Waals surface area (Å²) in [6.45, 7) is 1.84. The van der Waals surface area contributed by atoms with Crippen LogP contribution in [-0.2, 0) is 0 Å². The van der Waals surface area contributed by atoms with Crippen molar-refractivity contribution < 1.29 is 4.79 Å². The van der Waals surface area contributed by atoms with Crippen molar-refractivity contribution in [3.8, 4) is 17.1 Å². The summed E-state index contributed by atoms with van der Waals surface area (Å²) in [5.41, 5.74) is 3.41. The zero-order chi connectivity index (χ0) is 18.8. The molecular weight excluding hydrogens is 366 g/mol. The lowest BCUT2D eigenvalue weighted by atomic mass is 10.1. The normalized spacial score (nSPS) is 10.7. The maximum Gasteiger partial charge on any atom is 0.259 e. The van der Waals surface area contributed by atoms with Crippen molar-refractivity contribution >= 4 is 23.2 Å². The Bertz CT molecular complexity index is 1090. The van der Waals surface area contributed by atoms with Crippen LogP contribution in [0.3, 0.4) is 0 Å². The van der Waals surface area contributed by atoms with Crippen molar-refractivity contribution in [1.29, 1.82) is 0 Å². The molecule has 0 aliphatic carbocycles. The van der Waals surface area contributed by atoms with Crippen molar-refractivity contribution in [3.05, 3.63) is 71.0 Å². The van der Waals surface area contributed by atoms with Gasteiger partial charge in [0.25, 0.3) is 5.91 Å². The molecule has 0 fully saturated rings. The highest BCUT2D eigenvalue weighted by Gasteiger charge is 2.16. The van der Waals surface area contributed by atoms with Gasteiger partial charge in [-0.15, -0.1) is 10.2 Å². The maximum atomic E-state index is 12.7. The van der Waals surface area contributed by atoms with E-state index in [2.05, 4.69) is 31.0 Å². The Morgan fingerprint density at radius 3 is 2.74 bits per heavy atom. The van der Waals surface area contributed by atoms with Crippen LogP contribution in [0, 0.1) is 6.92 Å². The number of halogens is 1. The van der Waals surface area contributed by atoms with Crippen LogP contribution in [0.2, 0.25) is 5.02 Å². The number of benzene rings is 2. The Kier molecular flexibility index (Phi) is 4.39. The molecule has 0 spiro atoms. The van der Waals surface area contributed by atoms with Crippen LogP contribution in [0.5, 0.6) is 0 Å². The third-order valence-electron chi connectivity index (χ3n) is 4.05. The molecule has 2 N–H and O–H groups in total. The number of anilines is 1. The molecule has 4 aromatic rings. The summed E-state index contributed by atoms with van der Waals surface area (Å²) >= 11 is 5.93. The third-order valence-corrected chi connectivity index (χ3v) is 4.30. The molecule has 2 aromatic heterocycles. The second-order valence-corrected chi connectivity index (χ2v) is 6.24. The summed E-state index contributed by atoms with van der Waals surface area (Å²) < 4.78 is 1.70. The first-order valence-electron chi connectivity index (χ1n) is 8.07. The molecule has 0 aliphatic rings. The number of carbonyl (C=O) groups excluding carboxylic acids is 1. The van der Waals surface area contributed by atoms with Gasteiger partial charge in [0.2, 0.25) is 5.82 Å². The fourth-order valence-electron chi connectivity index (χ4n) is 2.69. The first-order chi connectivity index (χ1) is 13.1. The van der Waals surface area contributed by atoms with E-state index in [9.17, 15) is 4.79 Å². The van der Waals surface area contributed by atoms with Gasteiger partial charge in [-0.25, -0.2) is 4.68 Å². The van der Waals surface area contributed by atoms with Gasteiger partial charge in [0, 0.05) is 16.3 Å². The van der Waals surface area contributed by atoms with E-state index in [1.807, 2.05) is 31.2 Å². The third kappa shape index (κ3) is 3.42. The minimum Gasteiger partial charge on any atom is -0.322 e. The first kappa shape index (κ1) is 16.9. The van der Waals surface area contributed by atoms with Gasteiger partial charge in [0.05, 0.1) is 23.1 Å². The zero-order valence-electron chi connectivity index (χ0n) is 14.2. The van der Waals surface area contributed by atoms with Gasteiger partial charge in [0.15, 0.2) is 0 Å². The highest BCUT2D eigenvalue weighted by molar-refractivity contribution is 6.30. The molecule has 1 amide bonds. The first-order valence-corrected chi connectivity index (χ1v) is 8.45. The van der Waals surface area contributed by atoms with Crippen LogP contribution < -0.4 is 5.32 Å². The molecule has 134 valence electrons. The van der Waals surface area contributed by atoms with Gasteiger partial charge < -0.3 is 5.32 Å². The van der Waals surface area contributed by atoms with Gasteiger partial charge in [0.1, 0.15) is 0 Å². The number of hydrogen-bond acceptors (Lipinski definition) is 5. The van der Waals surface area contributed by atoms with Crippen molar-refractivity contribution in [1.82, 2.24) is 30.4 Å². The van der Waals surface area contributed by atoms with Crippen molar-refractivity contribution in [3.63, 3.8) is 0 Å². The summed E-state index contributed by atoms with van der Waals surface area (Å²) in [6.07, 6.45) is 1.54. The molecule has 0 saturated carbocycles. The number of hydrogen-bond donors (Lipinski definition) is 2. The molecular formula is C18H14ClN7O. The Morgan fingerprint density at radius 1 is 1.19 bits per heavy atom. The lowest BCUT2D eigenvalue weighted by molar-refractivity contribution is 0.102. The minimum absolute atomic E-state index is 0.252. The number of nitrogens with zero attached hydrogens (tertiary/aromatic N) is 5. The Balaban J connectivity index is 1.57. The molecule has 9 heteroatoms. The Hall–Kier alpha value is -3.52. The number of tetrazole rings is 1. The van der Waals surface area contributed by atoms with Crippen LogP contribution in [-0.4, -0.2) is 36.3 Å². The number of carbonyl (C=O) groups is 1. The van der Waals surface area contributed by atoms with Crippen LogP contribution in [0.4, 0.5) is 5.69 Å². The van der Waals surface area contributed by atoms with Gasteiger partial charge in [-0.2, -0.15) is 10.3 Å². The van der Waals surface area contributed by atoms with Crippen LogP contribution in [0.15, 0.2) is 54.7 Å². The Morgan fingerprint density at radius 2 is 2.00 bits per heavy atom. The smallest absolute Gasteiger partial charge is 0.259 e. The van der Waals surface area contributed by atoms with E-state index in [1.54, 1.807) is 35.1 Å². The molecule has 0 aliphatic heterocycles. The molecule has 2 heterocycles. The molecule has 2 aromatic carbocycles. The standard InChI is InChI=1S/C18H14ClN7O/c1-11-16(10-20-26(11)15-7-5-13(19)6-8-15)18(27)21-14-4-2-3-12(9-14)17-22-24-25-23-17/h2-10H,1H3,(H,21,27)(H,22,23,24,25). The average molecular weight is 380 g/mol. The number of rotatable bonds is 4. The van der Waals surface area contributed by atoms with E-state index in [0.717, 1.165) is 16.9 Å². The summed E-state index contributed by atoms with van der Waals surface area (Å²) in [4.78, 5) is 12.7. The van der Waals surface area contributed by atoms with Gasteiger partial charge in [-0.3, -0.25) is 4.79 Å². The summed E-state index contributed by atoms with van der Waals surface area (Å²) in [7, 11) is 0. The van der Waals surface area contributed by atoms with E-state index in [4.69, 9.17) is 11.6 Å². The monoisotopic (exact) mass is 379 g/mol. The van der Waals surface area contributed by atoms with E-state index in [1.165, 1.54) is 0 Å². The fraction of sp³-hybridized carbons (Fsp3) is 0.0556. The van der Waals surface area contributed by atoms with Gasteiger partial charge in [-0.1, -0.05) is 23.7 Å². The highest BCUT2D eigenvalue weighted by atomic mass is 35.5. The van der Waals surface area contributed by atoms with E-state index >= 15 is 0 Å². The molecule has 0 bridgehead atoms. The van der Waals surface area contributed by atoms with Gasteiger partial charge in [-0.05, 0) is 48.5 Å². The van der Waals surface area contributed by atoms with Crippen LogP contribution in [0.25, 0.3) is 17.1 Å². The lowest BCUT2D eigenvalue weighted by Gasteiger charge is -2.07. The summed E-state index contributed by atoms with van der Waals surface area (Å²) in [6, 6.07) is 14.5. The van der Waals surface area contributed by atoms with Gasteiger partial charge >= 0.3 is 0 Å². The van der Waals surface area contributed by atoms with Crippen molar-refractivity contribution in [2.45, 2.75) is 6.92 Å². The number of aromatic amines is 1. The SMILES string of the molecule is Cc1c(C(=O)Nc2cccc(-c3nn[nH]n3)c2)cnn1-c1ccc(Cl)cc1. The number of nitrogens with one attached hydrogen (secondary N) is 2. The van der Waals surface area contributed by atoms with Crippen molar-refractivity contribution in [2.75, 3.05) is 5.32 Å². The maximum absolute atomic E-state index is 12.7. The van der Waals surface area contributed by atoms with E-state index < -0.39 is 0 Å².